The van der Waals surface area contributed by atoms with Crippen molar-refractivity contribution in [3.8, 4) is 0 Å². The number of hydrogen-bond acceptors (Lipinski definition) is 7. The number of Topliss-reactive ketones (excluding diaryl/α,β-unsaturated/α-hetero) is 1. The molecule has 148 valence electrons. The number of aromatic amines is 1. The summed E-state index contributed by atoms with van der Waals surface area (Å²) in [6, 6.07) is 5.17. The van der Waals surface area contributed by atoms with E-state index in [4.69, 9.17) is 22.1 Å². The Morgan fingerprint density at radius 2 is 1.93 bits per heavy atom. The van der Waals surface area contributed by atoms with Crippen molar-refractivity contribution < 1.29 is 19.1 Å². The Kier molecular flexibility index (Phi) is 6.37. The summed E-state index contributed by atoms with van der Waals surface area (Å²) < 4.78 is 5.71. The molecule has 1 atom stereocenters. The number of carbonyl (C=O) groups is 3. The molecule has 0 saturated heterocycles. The van der Waals surface area contributed by atoms with Crippen molar-refractivity contribution in [2.24, 2.45) is 7.05 Å². The van der Waals surface area contributed by atoms with Gasteiger partial charge in [0.25, 0.3) is 11.5 Å². The Morgan fingerprint density at radius 1 is 1.29 bits per heavy atom. The molecule has 0 radical (unpaired) electrons. The lowest BCUT2D eigenvalue weighted by molar-refractivity contribution is -0.144. The largest absolute Gasteiger partial charge is 0.456 e. The second-order valence-electron chi connectivity index (χ2n) is 5.78. The van der Waals surface area contributed by atoms with Gasteiger partial charge in [0.05, 0.1) is 10.6 Å². The van der Waals surface area contributed by atoms with Crippen LogP contribution in [0, 0.1) is 0 Å². The molecule has 4 N–H and O–H groups in total. The number of hydrogen-bond donors (Lipinski definition) is 3. The quantitative estimate of drug-likeness (QED) is 0.443. The summed E-state index contributed by atoms with van der Waals surface area (Å²) >= 11 is 5.92. The number of benzene rings is 1. The highest BCUT2D eigenvalue weighted by atomic mass is 35.5. The summed E-state index contributed by atoms with van der Waals surface area (Å²) in [6.07, 6.45) is 0. The van der Waals surface area contributed by atoms with Gasteiger partial charge in [0.1, 0.15) is 17.4 Å². The van der Waals surface area contributed by atoms with Crippen LogP contribution in [0.15, 0.2) is 33.9 Å². The standard InChI is InChI=1S/C17H17ClN4O6/c1-8(20-14(24)9-5-3-4-6-10(9)18)16(26)28-7-11(23)12-13(19)22(2)17(27)21-15(12)25/h3-6,8H,7,19H2,1-2H3,(H,20,24)(H,21,25,27)/t8-/m0/s1. The van der Waals surface area contributed by atoms with Crippen molar-refractivity contribution in [3.63, 3.8) is 0 Å². The van der Waals surface area contributed by atoms with Gasteiger partial charge in [-0.25, -0.2) is 9.59 Å². The Hall–Kier alpha value is -3.40. The number of ether oxygens (including phenoxy) is 1. The first-order chi connectivity index (χ1) is 13.1. The van der Waals surface area contributed by atoms with E-state index in [0.29, 0.717) is 0 Å². The molecule has 1 aromatic carbocycles. The van der Waals surface area contributed by atoms with Crippen LogP contribution in [0.4, 0.5) is 5.82 Å². The number of aromatic nitrogens is 2. The number of anilines is 1. The van der Waals surface area contributed by atoms with E-state index in [9.17, 15) is 24.0 Å². The van der Waals surface area contributed by atoms with Crippen LogP contribution in [-0.4, -0.2) is 39.9 Å². The van der Waals surface area contributed by atoms with Gasteiger partial charge in [-0.1, -0.05) is 23.7 Å². The van der Waals surface area contributed by atoms with Crippen LogP contribution in [0.2, 0.25) is 5.02 Å². The molecule has 2 aromatic rings. The molecule has 0 fully saturated rings. The SMILES string of the molecule is C[C@H](NC(=O)c1ccccc1Cl)C(=O)OCC(=O)c1c(N)n(C)c(=O)[nH]c1=O. The molecule has 0 aliphatic heterocycles. The van der Waals surface area contributed by atoms with Crippen molar-refractivity contribution in [2.45, 2.75) is 13.0 Å². The zero-order valence-electron chi connectivity index (χ0n) is 14.9. The van der Waals surface area contributed by atoms with Crippen molar-refractivity contribution >= 4 is 35.1 Å². The first kappa shape index (κ1) is 20.9. The number of carbonyl (C=O) groups excluding carboxylic acids is 3. The molecular weight excluding hydrogens is 392 g/mol. The monoisotopic (exact) mass is 408 g/mol. The van der Waals surface area contributed by atoms with E-state index in [-0.39, 0.29) is 16.4 Å². The number of halogens is 1. The summed E-state index contributed by atoms with van der Waals surface area (Å²) in [5.41, 5.74) is 3.51. The molecule has 0 aliphatic carbocycles. The average molecular weight is 409 g/mol. The summed E-state index contributed by atoms with van der Waals surface area (Å²) in [4.78, 5) is 61.5. The molecule has 11 heteroatoms. The lowest BCUT2D eigenvalue weighted by Crippen LogP contribution is -2.41. The molecular formula is C17H17ClN4O6. The molecule has 0 saturated carbocycles. The minimum absolute atomic E-state index is 0.171. The Balaban J connectivity index is 2.02. The summed E-state index contributed by atoms with van der Waals surface area (Å²) in [7, 11) is 1.27. The topological polar surface area (TPSA) is 153 Å². The van der Waals surface area contributed by atoms with Crippen molar-refractivity contribution in [1.82, 2.24) is 14.9 Å². The smallest absolute Gasteiger partial charge is 0.329 e. The van der Waals surface area contributed by atoms with E-state index in [1.807, 2.05) is 4.98 Å². The van der Waals surface area contributed by atoms with Crippen LogP contribution in [0.3, 0.4) is 0 Å². The number of H-pyrrole nitrogens is 1. The fourth-order valence-corrected chi connectivity index (χ4v) is 2.44. The Bertz CT molecular complexity index is 1060. The molecule has 1 amide bonds. The summed E-state index contributed by atoms with van der Waals surface area (Å²) in [5.74, 6) is -2.75. The number of nitrogens with two attached hydrogens (primary N) is 1. The second-order valence-corrected chi connectivity index (χ2v) is 6.19. The van der Waals surface area contributed by atoms with Gasteiger partial charge in [-0.15, -0.1) is 0 Å². The summed E-state index contributed by atoms with van der Waals surface area (Å²) in [5, 5.41) is 2.60. The number of esters is 1. The lowest BCUT2D eigenvalue weighted by atomic mass is 10.2. The highest BCUT2D eigenvalue weighted by Gasteiger charge is 2.23. The van der Waals surface area contributed by atoms with Gasteiger partial charge in [0.2, 0.25) is 5.78 Å². The predicted octanol–water partition coefficient (Wildman–Crippen LogP) is -0.146. The van der Waals surface area contributed by atoms with Crippen LogP contribution in [0.5, 0.6) is 0 Å². The maximum atomic E-state index is 12.2. The molecule has 28 heavy (non-hydrogen) atoms. The van der Waals surface area contributed by atoms with Gasteiger partial charge < -0.3 is 15.8 Å². The third-order valence-corrected chi connectivity index (χ3v) is 4.14. The van der Waals surface area contributed by atoms with E-state index in [1.54, 1.807) is 12.1 Å². The van der Waals surface area contributed by atoms with Gasteiger partial charge >= 0.3 is 11.7 Å². The predicted molar refractivity (Wildman–Crippen MR) is 100 cm³/mol. The zero-order chi connectivity index (χ0) is 21.0. The number of rotatable bonds is 6. The van der Waals surface area contributed by atoms with E-state index >= 15 is 0 Å². The number of nitrogens with zero attached hydrogens (tertiary/aromatic N) is 1. The van der Waals surface area contributed by atoms with Crippen LogP contribution in [0.1, 0.15) is 27.6 Å². The maximum absolute atomic E-state index is 12.2. The fraction of sp³-hybridized carbons (Fsp3) is 0.235. The van der Waals surface area contributed by atoms with E-state index in [1.165, 1.54) is 26.1 Å². The Morgan fingerprint density at radius 3 is 2.57 bits per heavy atom. The molecule has 0 aliphatic rings. The fourth-order valence-electron chi connectivity index (χ4n) is 2.22. The van der Waals surface area contributed by atoms with Crippen molar-refractivity contribution in [2.75, 3.05) is 12.3 Å². The highest BCUT2D eigenvalue weighted by molar-refractivity contribution is 6.33. The normalized spacial score (nSPS) is 11.5. The minimum atomic E-state index is -1.09. The molecule has 1 heterocycles. The average Bonchev–Trinajstić information content (AvgIpc) is 2.64. The number of nitrogen functional groups attached to an aromatic ring is 1. The zero-order valence-corrected chi connectivity index (χ0v) is 15.7. The van der Waals surface area contributed by atoms with E-state index < -0.39 is 47.1 Å². The first-order valence-electron chi connectivity index (χ1n) is 7.97. The van der Waals surface area contributed by atoms with Gasteiger partial charge in [-0.3, -0.25) is 23.9 Å². The van der Waals surface area contributed by atoms with Crippen molar-refractivity contribution in [3.05, 3.63) is 61.3 Å². The van der Waals surface area contributed by atoms with Gasteiger partial charge in [-0.05, 0) is 19.1 Å². The van der Waals surface area contributed by atoms with Crippen molar-refractivity contribution in [1.29, 1.82) is 0 Å². The number of nitrogens with one attached hydrogen (secondary N) is 2. The van der Waals surface area contributed by atoms with E-state index in [0.717, 1.165) is 4.57 Å². The third-order valence-electron chi connectivity index (χ3n) is 3.81. The lowest BCUT2D eigenvalue weighted by Gasteiger charge is -2.14. The molecule has 0 bridgehead atoms. The molecule has 0 spiro atoms. The first-order valence-corrected chi connectivity index (χ1v) is 8.35. The molecule has 0 unspecified atom stereocenters. The molecule has 2 rings (SSSR count). The third kappa shape index (κ3) is 4.46. The van der Waals surface area contributed by atoms with Crippen LogP contribution < -0.4 is 22.3 Å². The molecule has 1 aromatic heterocycles. The number of ketones is 1. The van der Waals surface area contributed by atoms with Crippen LogP contribution >= 0.6 is 11.6 Å². The van der Waals surface area contributed by atoms with Crippen LogP contribution in [0.25, 0.3) is 0 Å². The van der Waals surface area contributed by atoms with Gasteiger partial charge in [-0.2, -0.15) is 0 Å². The Labute approximate surface area is 163 Å². The van der Waals surface area contributed by atoms with Crippen LogP contribution in [-0.2, 0) is 16.6 Å². The van der Waals surface area contributed by atoms with Gasteiger partial charge in [0.15, 0.2) is 6.61 Å². The maximum Gasteiger partial charge on any atom is 0.329 e. The van der Waals surface area contributed by atoms with E-state index in [2.05, 4.69) is 5.32 Å². The second kappa shape index (κ2) is 8.53. The molecule has 10 nitrogen and oxygen atoms in total. The number of amides is 1. The summed E-state index contributed by atoms with van der Waals surface area (Å²) in [6.45, 7) is 0.561. The highest BCUT2D eigenvalue weighted by Crippen LogP contribution is 2.14. The minimum Gasteiger partial charge on any atom is -0.456 e. The van der Waals surface area contributed by atoms with Gasteiger partial charge in [0, 0.05) is 7.05 Å².